The van der Waals surface area contributed by atoms with Crippen LogP contribution in [0.15, 0.2) is 0 Å². The van der Waals surface area contributed by atoms with Crippen LogP contribution >= 0.6 is 11.8 Å². The Hall–Kier alpha value is -0.800. The van der Waals surface area contributed by atoms with Gasteiger partial charge in [-0.2, -0.15) is 20.2 Å². The van der Waals surface area contributed by atoms with E-state index in [-0.39, 0.29) is 24.0 Å². The van der Waals surface area contributed by atoms with Crippen LogP contribution in [0.2, 0.25) is 0 Å². The minimum atomic E-state index is -3.51. The van der Waals surface area contributed by atoms with Crippen molar-refractivity contribution in [2.24, 2.45) is 10.8 Å². The second-order valence-corrected chi connectivity index (χ2v) is 10.6. The summed E-state index contributed by atoms with van der Waals surface area (Å²) in [5, 5.41) is 0. The standard InChI is InChI=1S/C10H18O5S.C10H18O2S/c1-14-9(11)10(6-4-3-5-7-10)8-15-16(2,12)13;1-12-9(11)10(8-13-2)6-4-3-5-7-10/h3-8H2,1-2H3;3-8H2,1-2H3. The van der Waals surface area contributed by atoms with Crippen molar-refractivity contribution in [3.8, 4) is 0 Å². The molecule has 2 saturated carbocycles. The summed E-state index contributed by atoms with van der Waals surface area (Å²) in [6.07, 6.45) is 12.8. The van der Waals surface area contributed by atoms with Gasteiger partial charge in [-0.15, -0.1) is 0 Å². The van der Waals surface area contributed by atoms with E-state index in [1.54, 1.807) is 11.8 Å². The quantitative estimate of drug-likeness (QED) is 0.427. The fourth-order valence-corrected chi connectivity index (χ4v) is 5.60. The van der Waals surface area contributed by atoms with Crippen molar-refractivity contribution in [2.75, 3.05) is 39.1 Å². The van der Waals surface area contributed by atoms with Crippen molar-refractivity contribution in [1.82, 2.24) is 0 Å². The van der Waals surface area contributed by atoms with Gasteiger partial charge in [0.1, 0.15) is 0 Å². The van der Waals surface area contributed by atoms with Crippen LogP contribution in [0.4, 0.5) is 0 Å². The first-order chi connectivity index (χ1) is 13.6. The van der Waals surface area contributed by atoms with Gasteiger partial charge in [-0.1, -0.05) is 38.5 Å². The van der Waals surface area contributed by atoms with Crippen LogP contribution in [0.1, 0.15) is 64.2 Å². The van der Waals surface area contributed by atoms with Gasteiger partial charge in [0, 0.05) is 5.75 Å². The zero-order chi connectivity index (χ0) is 22.0. The fourth-order valence-electron chi connectivity index (χ4n) is 4.20. The largest absolute Gasteiger partial charge is 0.469 e. The minimum absolute atomic E-state index is 0.00144. The lowest BCUT2D eigenvalue weighted by molar-refractivity contribution is -0.157. The van der Waals surface area contributed by atoms with E-state index in [9.17, 15) is 18.0 Å². The molecule has 0 radical (unpaired) electrons. The average molecular weight is 453 g/mol. The van der Waals surface area contributed by atoms with Gasteiger partial charge in [-0.05, 0) is 31.9 Å². The lowest BCUT2D eigenvalue weighted by Gasteiger charge is -2.33. The second kappa shape index (κ2) is 12.2. The zero-order valence-corrected chi connectivity index (χ0v) is 19.8. The Morgan fingerprint density at radius 3 is 1.62 bits per heavy atom. The summed E-state index contributed by atoms with van der Waals surface area (Å²) in [4.78, 5) is 23.4. The van der Waals surface area contributed by atoms with Gasteiger partial charge in [0.05, 0.1) is 37.9 Å². The van der Waals surface area contributed by atoms with E-state index in [1.807, 2.05) is 0 Å². The molecule has 0 bridgehead atoms. The van der Waals surface area contributed by atoms with Gasteiger partial charge in [0.2, 0.25) is 0 Å². The topological polar surface area (TPSA) is 96.0 Å². The highest BCUT2D eigenvalue weighted by Gasteiger charge is 2.42. The number of thioether (sulfide) groups is 1. The smallest absolute Gasteiger partial charge is 0.314 e. The molecular formula is C20H36O7S2. The summed E-state index contributed by atoms with van der Waals surface area (Å²) in [6, 6.07) is 0. The number of esters is 2. The van der Waals surface area contributed by atoms with Gasteiger partial charge in [-0.3, -0.25) is 13.8 Å². The van der Waals surface area contributed by atoms with Gasteiger partial charge >= 0.3 is 11.9 Å². The number of methoxy groups -OCH3 is 2. The van der Waals surface area contributed by atoms with E-state index >= 15 is 0 Å². The van der Waals surface area contributed by atoms with Crippen molar-refractivity contribution in [3.05, 3.63) is 0 Å². The Morgan fingerprint density at radius 1 is 0.828 bits per heavy atom. The van der Waals surface area contributed by atoms with Crippen molar-refractivity contribution < 1.29 is 31.7 Å². The maximum absolute atomic E-state index is 11.7. The molecule has 0 aromatic rings. The number of hydrogen-bond acceptors (Lipinski definition) is 8. The minimum Gasteiger partial charge on any atom is -0.469 e. The Bertz CT molecular complexity index is 613. The Labute approximate surface area is 179 Å². The number of hydrogen-bond donors (Lipinski definition) is 0. The zero-order valence-electron chi connectivity index (χ0n) is 18.2. The second-order valence-electron chi connectivity index (χ2n) is 8.06. The maximum Gasteiger partial charge on any atom is 0.314 e. The fraction of sp³-hybridized carbons (Fsp3) is 0.900. The molecule has 0 atom stereocenters. The predicted octanol–water partition coefficient (Wildman–Crippen LogP) is 3.56. The van der Waals surface area contributed by atoms with E-state index < -0.39 is 15.5 Å². The van der Waals surface area contributed by atoms with Crippen LogP contribution < -0.4 is 0 Å². The first-order valence-corrected chi connectivity index (χ1v) is 13.4. The van der Waals surface area contributed by atoms with Crippen LogP contribution in [-0.2, 0) is 33.4 Å². The van der Waals surface area contributed by atoms with Crippen LogP contribution in [0.5, 0.6) is 0 Å². The predicted molar refractivity (Wildman–Crippen MR) is 114 cm³/mol. The van der Waals surface area contributed by atoms with Gasteiger partial charge < -0.3 is 9.47 Å². The summed E-state index contributed by atoms with van der Waals surface area (Å²) in [7, 11) is -0.694. The Morgan fingerprint density at radius 2 is 1.24 bits per heavy atom. The SMILES string of the molecule is COC(=O)C1(COS(C)(=O)=O)CCCCC1.COC(=O)C1(CSC)CCCCC1. The summed E-state index contributed by atoms with van der Waals surface area (Å²) >= 11 is 1.75. The van der Waals surface area contributed by atoms with Crippen molar-refractivity contribution in [3.63, 3.8) is 0 Å². The third-order valence-corrected chi connectivity index (χ3v) is 7.22. The highest BCUT2D eigenvalue weighted by molar-refractivity contribution is 7.98. The monoisotopic (exact) mass is 452 g/mol. The highest BCUT2D eigenvalue weighted by Crippen LogP contribution is 2.40. The molecule has 0 spiro atoms. The summed E-state index contributed by atoms with van der Waals surface area (Å²) in [5.41, 5.74) is -0.928. The van der Waals surface area contributed by atoms with E-state index in [0.717, 1.165) is 44.1 Å². The molecule has 0 unspecified atom stereocenters. The third-order valence-electron chi connectivity index (χ3n) is 5.83. The molecule has 2 fully saturated rings. The molecule has 0 amide bonds. The first-order valence-electron chi connectivity index (χ1n) is 10.1. The highest BCUT2D eigenvalue weighted by atomic mass is 32.2. The number of rotatable bonds is 7. The molecule has 0 saturated heterocycles. The van der Waals surface area contributed by atoms with Crippen molar-refractivity contribution >= 4 is 33.8 Å². The van der Waals surface area contributed by atoms with Gasteiger partial charge in [0.15, 0.2) is 0 Å². The normalized spacial score (nSPS) is 20.7. The molecule has 0 aliphatic heterocycles. The average Bonchev–Trinajstić information content (AvgIpc) is 2.72. The molecule has 2 aliphatic rings. The first kappa shape index (κ1) is 26.2. The molecule has 0 aromatic heterocycles. The van der Waals surface area contributed by atoms with E-state index in [0.29, 0.717) is 12.8 Å². The Kier molecular flexibility index (Phi) is 11.0. The Balaban J connectivity index is 0.000000296. The van der Waals surface area contributed by atoms with E-state index in [1.165, 1.54) is 33.5 Å². The molecule has 0 aromatic carbocycles. The number of carbonyl (C=O) groups excluding carboxylic acids is 2. The molecule has 2 rings (SSSR count). The lowest BCUT2D eigenvalue weighted by atomic mass is 9.75. The lowest BCUT2D eigenvalue weighted by Crippen LogP contribution is -2.39. The van der Waals surface area contributed by atoms with Crippen LogP contribution in [0, 0.1) is 10.8 Å². The molecule has 0 N–H and O–H groups in total. The number of ether oxygens (including phenoxy) is 2. The molecular weight excluding hydrogens is 416 g/mol. The van der Waals surface area contributed by atoms with Crippen molar-refractivity contribution in [2.45, 2.75) is 64.2 Å². The molecule has 0 heterocycles. The number of carbonyl (C=O) groups is 2. The van der Waals surface area contributed by atoms with E-state index in [4.69, 9.17) is 13.7 Å². The van der Waals surface area contributed by atoms with Crippen LogP contribution in [-0.4, -0.2) is 59.4 Å². The third kappa shape index (κ3) is 8.09. The van der Waals surface area contributed by atoms with Gasteiger partial charge in [-0.25, -0.2) is 0 Å². The summed E-state index contributed by atoms with van der Waals surface area (Å²) in [6.45, 7) is -0.0987. The molecule has 29 heavy (non-hydrogen) atoms. The molecule has 9 heteroatoms. The summed E-state index contributed by atoms with van der Waals surface area (Å²) in [5.74, 6) is 0.553. The maximum atomic E-state index is 11.7. The van der Waals surface area contributed by atoms with E-state index in [2.05, 4.69) is 6.26 Å². The molecule has 170 valence electrons. The van der Waals surface area contributed by atoms with Crippen LogP contribution in [0.25, 0.3) is 0 Å². The molecule has 2 aliphatic carbocycles. The van der Waals surface area contributed by atoms with Crippen molar-refractivity contribution in [1.29, 1.82) is 0 Å². The summed E-state index contributed by atoms with van der Waals surface area (Å²) < 4.78 is 36.3. The van der Waals surface area contributed by atoms with Gasteiger partial charge in [0.25, 0.3) is 10.1 Å². The van der Waals surface area contributed by atoms with Crippen LogP contribution in [0.3, 0.4) is 0 Å². The molecule has 7 nitrogen and oxygen atoms in total.